The van der Waals surface area contributed by atoms with E-state index in [1.807, 2.05) is 11.9 Å². The van der Waals surface area contributed by atoms with E-state index in [4.69, 9.17) is 10.0 Å². The third kappa shape index (κ3) is 7.72. The van der Waals surface area contributed by atoms with Gasteiger partial charge in [-0.1, -0.05) is 5.92 Å². The van der Waals surface area contributed by atoms with Gasteiger partial charge in [0, 0.05) is 54.3 Å². The smallest absolute Gasteiger partial charge is 0.318 e. The summed E-state index contributed by atoms with van der Waals surface area (Å²) in [7, 11) is -2.02. The highest BCUT2D eigenvalue weighted by atomic mass is 32.2. The lowest BCUT2D eigenvalue weighted by Gasteiger charge is -2.27. The van der Waals surface area contributed by atoms with Gasteiger partial charge in [0.15, 0.2) is 20.3 Å². The molecule has 1 fully saturated rings. The summed E-state index contributed by atoms with van der Waals surface area (Å²) < 4.78 is 69.8. The number of nitrogens with one attached hydrogen (secondary N) is 1. The molecule has 2 amide bonds. The molecule has 3 rings (SSSR count). The Bertz CT molecular complexity index is 1350. The van der Waals surface area contributed by atoms with E-state index in [-0.39, 0.29) is 32.1 Å². The molecule has 2 aliphatic heterocycles. The molecule has 39 heavy (non-hydrogen) atoms. The van der Waals surface area contributed by atoms with Crippen LogP contribution in [0.3, 0.4) is 0 Å². The lowest BCUT2D eigenvalue weighted by Crippen LogP contribution is -2.50. The lowest BCUT2D eigenvalue weighted by atomic mass is 10.1. The zero-order valence-electron chi connectivity index (χ0n) is 21.1. The van der Waals surface area contributed by atoms with Crippen LogP contribution in [0.1, 0.15) is 31.0 Å². The van der Waals surface area contributed by atoms with E-state index in [0.717, 1.165) is 6.26 Å². The van der Waals surface area contributed by atoms with Crippen molar-refractivity contribution in [2.75, 3.05) is 32.9 Å². The maximum atomic E-state index is 14.4. The number of amides is 2. The van der Waals surface area contributed by atoms with Gasteiger partial charge in [0.25, 0.3) is 5.91 Å². The highest BCUT2D eigenvalue weighted by Crippen LogP contribution is 2.26. The van der Waals surface area contributed by atoms with Crippen LogP contribution < -0.4 is 5.48 Å². The Morgan fingerprint density at radius 2 is 2.00 bits per heavy atom. The van der Waals surface area contributed by atoms with Crippen molar-refractivity contribution >= 4 is 27.7 Å². The second-order valence-electron chi connectivity index (χ2n) is 9.14. The van der Waals surface area contributed by atoms with E-state index in [2.05, 4.69) is 28.6 Å². The minimum Gasteiger partial charge on any atom is -0.318 e. The molecule has 0 aromatic carbocycles. The first kappa shape index (κ1) is 31.6. The van der Waals surface area contributed by atoms with Gasteiger partial charge in [-0.3, -0.25) is 14.6 Å². The van der Waals surface area contributed by atoms with Crippen LogP contribution >= 0.6 is 0 Å². The normalized spacial score (nSPS) is 20.0. The maximum absolute atomic E-state index is 14.4. The fraction of sp³-hybridized carbons (Fsp3) is 0.522. The molecule has 3 heterocycles. The van der Waals surface area contributed by atoms with Crippen LogP contribution in [0, 0.1) is 23.7 Å². The van der Waals surface area contributed by atoms with Crippen molar-refractivity contribution in [3.63, 3.8) is 0 Å². The topological polar surface area (TPSA) is 138 Å². The van der Waals surface area contributed by atoms with E-state index in [1.165, 1.54) is 28.1 Å². The number of hydrogen-bond acceptors (Lipinski definition) is 8. The Balaban J connectivity index is 0.000000673. The Morgan fingerprint density at radius 1 is 1.33 bits per heavy atom. The first-order chi connectivity index (χ1) is 18.1. The van der Waals surface area contributed by atoms with E-state index in [1.54, 1.807) is 6.07 Å². The highest BCUT2D eigenvalue weighted by Gasteiger charge is 2.44. The minimum atomic E-state index is -3.85. The summed E-state index contributed by atoms with van der Waals surface area (Å²) in [4.78, 5) is 39.1. The predicted molar refractivity (Wildman–Crippen MR) is 127 cm³/mol. The molecule has 2 aliphatic rings. The quantitative estimate of drug-likeness (QED) is 0.221. The molecule has 0 saturated carbocycles. The fourth-order valence-corrected chi connectivity index (χ4v) is 4.58. The average Bonchev–Trinajstić information content (AvgIpc) is 3.52. The molecule has 11 nitrogen and oxygen atoms in total. The largest absolute Gasteiger partial charge is 0.414 e. The van der Waals surface area contributed by atoms with E-state index in [9.17, 15) is 35.7 Å². The molecule has 2 N–H and O–H groups in total. The summed E-state index contributed by atoms with van der Waals surface area (Å²) in [5.41, 5.74) is 1.05. The Morgan fingerprint density at radius 3 is 2.46 bits per heavy atom. The molecule has 0 aliphatic carbocycles. The van der Waals surface area contributed by atoms with E-state index in [0.29, 0.717) is 24.2 Å². The number of nitrogens with zero attached hydrogens (tertiary/aromatic N) is 3. The van der Waals surface area contributed by atoms with E-state index < -0.39 is 38.6 Å². The molecule has 0 spiro atoms. The molecule has 214 valence electrons. The molecule has 2 atom stereocenters. The number of carbonyl (C=O) groups is 3. The molecule has 1 saturated heterocycles. The van der Waals surface area contributed by atoms with Crippen LogP contribution in [0.2, 0.25) is 0 Å². The van der Waals surface area contributed by atoms with Gasteiger partial charge in [0.1, 0.15) is 0 Å². The van der Waals surface area contributed by atoms with E-state index >= 15 is 0 Å². The van der Waals surface area contributed by atoms with Crippen LogP contribution in [-0.4, -0.2) is 95.7 Å². The first-order valence-corrected chi connectivity index (χ1v) is 13.1. The van der Waals surface area contributed by atoms with Crippen molar-refractivity contribution in [3.05, 3.63) is 23.5 Å². The van der Waals surface area contributed by atoms with Crippen molar-refractivity contribution in [3.8, 4) is 23.7 Å². The van der Waals surface area contributed by atoms with Crippen LogP contribution in [0.4, 0.5) is 22.5 Å². The molecule has 1 aromatic rings. The summed E-state index contributed by atoms with van der Waals surface area (Å²) >= 11 is 0. The molecule has 1 aromatic heterocycles. The summed E-state index contributed by atoms with van der Waals surface area (Å²) in [5, 5.41) is 8.90. The van der Waals surface area contributed by atoms with Crippen molar-refractivity contribution in [1.29, 1.82) is 0 Å². The summed E-state index contributed by atoms with van der Waals surface area (Å²) in [6, 6.07) is 1.33. The van der Waals surface area contributed by atoms with Gasteiger partial charge in [-0.2, -0.15) is 8.78 Å². The van der Waals surface area contributed by atoms with Gasteiger partial charge in [-0.05, 0) is 44.2 Å². The second kappa shape index (κ2) is 12.5. The summed E-state index contributed by atoms with van der Waals surface area (Å²) in [5.74, 6) is 7.35. The molecule has 0 unspecified atom stereocenters. The summed E-state index contributed by atoms with van der Waals surface area (Å²) in [6.07, 6.45) is -0.762. The second-order valence-corrected chi connectivity index (χ2v) is 11.6. The predicted octanol–water partition coefficient (Wildman–Crippen LogP) is 1.05. The number of likely N-dealkylation sites (tertiary alicyclic amines) is 1. The number of alkyl halides is 3. The number of fused-ring (bicyclic) bond motifs is 1. The van der Waals surface area contributed by atoms with Gasteiger partial charge in [0.05, 0.1) is 6.54 Å². The van der Waals surface area contributed by atoms with Crippen molar-refractivity contribution in [1.82, 2.24) is 19.8 Å². The van der Waals surface area contributed by atoms with Gasteiger partial charge in [-0.25, -0.2) is 32.8 Å². The molecular formula is C23H26F4N4O7S. The lowest BCUT2D eigenvalue weighted by molar-refractivity contribution is -0.196. The fourth-order valence-electron chi connectivity index (χ4n) is 3.74. The molecule has 0 radical (unpaired) electrons. The van der Waals surface area contributed by atoms with Gasteiger partial charge >= 0.3 is 18.4 Å². The Hall–Kier alpha value is -3.60. The number of hydroxylamine groups is 1. The molecule has 0 bridgehead atoms. The van der Waals surface area contributed by atoms with Gasteiger partial charge < -0.3 is 9.80 Å². The molecular weight excluding hydrogens is 552 g/mol. The third-order valence-electron chi connectivity index (χ3n) is 6.21. The molecule has 16 heteroatoms. The SMILES string of the molecule is CN1CC[C@](F)(C#CC#Cc2cc3n(c2)C(=O)N(CC[C@](C)(C(=O)NO)S(C)(=O)=O)C3)C1.O=C(OF)C(F)F. The average molecular weight is 579 g/mol. The Kier molecular flexibility index (Phi) is 10.1. The zero-order valence-corrected chi connectivity index (χ0v) is 21.9. The Labute approximate surface area is 221 Å². The minimum absolute atomic E-state index is 0.00296. The van der Waals surface area contributed by atoms with Crippen molar-refractivity contribution in [2.24, 2.45) is 0 Å². The number of rotatable bonds is 6. The van der Waals surface area contributed by atoms with Crippen LogP contribution in [-0.2, 0) is 30.9 Å². The summed E-state index contributed by atoms with van der Waals surface area (Å²) in [6.45, 7) is 2.32. The number of carbonyl (C=O) groups excluding carboxylic acids is 3. The standard InChI is InChI=1S/C21H25FN4O5S.C2HF3O2/c1-20(18(27)23-29,32(3,30)31)8-11-25-14-17-12-16(13-26(17)19(25)28)6-4-5-7-21(22)9-10-24(2)15-21;3-1(4)2(6)7-5/h12-13,29H,8-11,14-15H2,1-3H3,(H,23,27);1H/t20-,21-;/m1./s1. The number of halogens is 4. The highest BCUT2D eigenvalue weighted by molar-refractivity contribution is 7.92. The number of aromatic nitrogens is 1. The van der Waals surface area contributed by atoms with Crippen LogP contribution in [0.5, 0.6) is 0 Å². The number of sulfone groups is 1. The zero-order chi connectivity index (χ0) is 29.6. The monoisotopic (exact) mass is 578 g/mol. The maximum Gasteiger partial charge on any atom is 0.414 e. The van der Waals surface area contributed by atoms with Crippen molar-refractivity contribution < 1.29 is 50.6 Å². The van der Waals surface area contributed by atoms with Crippen LogP contribution in [0.15, 0.2) is 12.3 Å². The third-order valence-corrected chi connectivity index (χ3v) is 8.23. The number of hydrogen-bond donors (Lipinski definition) is 2. The van der Waals surface area contributed by atoms with Gasteiger partial charge in [0.2, 0.25) is 0 Å². The van der Waals surface area contributed by atoms with Crippen molar-refractivity contribution in [2.45, 2.75) is 43.2 Å². The van der Waals surface area contributed by atoms with Crippen LogP contribution in [0.25, 0.3) is 0 Å². The first-order valence-electron chi connectivity index (χ1n) is 11.2. The van der Waals surface area contributed by atoms with Gasteiger partial charge in [-0.15, -0.1) is 0 Å².